The molecule has 0 saturated heterocycles. The Bertz CT molecular complexity index is 730. The number of carbonyl (C=O) groups excluding carboxylic acids is 1. The highest BCUT2D eigenvalue weighted by Gasteiger charge is 2.03. The van der Waals surface area contributed by atoms with E-state index >= 15 is 0 Å². The Labute approximate surface area is 158 Å². The Morgan fingerprint density at radius 3 is 2.50 bits per heavy atom. The summed E-state index contributed by atoms with van der Waals surface area (Å²) in [7, 11) is 3.96. The predicted octanol–water partition coefficient (Wildman–Crippen LogP) is 3.84. The molecule has 5 nitrogen and oxygen atoms in total. The second-order valence-electron chi connectivity index (χ2n) is 5.26. The average Bonchev–Trinajstić information content (AvgIpc) is 2.54. The summed E-state index contributed by atoms with van der Waals surface area (Å²) in [5.74, 6) is -0.210. The van der Waals surface area contributed by atoms with Gasteiger partial charge in [0, 0.05) is 28.7 Å². The van der Waals surface area contributed by atoms with Gasteiger partial charge in [-0.15, -0.1) is 0 Å². The van der Waals surface area contributed by atoms with Crippen molar-refractivity contribution >= 4 is 55.4 Å². The average molecular weight is 454 g/mol. The van der Waals surface area contributed by atoms with E-state index < -0.39 is 0 Å². The molecule has 0 unspecified atom stereocenters. The molecule has 2 aromatic carbocycles. The third kappa shape index (κ3) is 5.65. The smallest absolute Gasteiger partial charge is 0.259 e. The molecule has 2 rings (SSSR count). The van der Waals surface area contributed by atoms with E-state index in [1.54, 1.807) is 6.21 Å². The van der Waals surface area contributed by atoms with Gasteiger partial charge < -0.3 is 10.2 Å². The topological polar surface area (TPSA) is 56.7 Å². The molecule has 0 saturated carbocycles. The summed E-state index contributed by atoms with van der Waals surface area (Å²) >= 11 is 6.89. The van der Waals surface area contributed by atoms with Gasteiger partial charge in [0.1, 0.15) is 0 Å². The highest BCUT2D eigenvalue weighted by molar-refractivity contribution is 9.10. The van der Waals surface area contributed by atoms with Gasteiger partial charge in [-0.1, -0.05) is 22.0 Å². The molecule has 0 radical (unpaired) electrons. The van der Waals surface area contributed by atoms with Gasteiger partial charge in [0.15, 0.2) is 0 Å². The fourth-order valence-corrected chi connectivity index (χ4v) is 2.95. The second kappa shape index (κ2) is 8.84. The lowest BCUT2D eigenvalue weighted by atomic mass is 10.2. The summed E-state index contributed by atoms with van der Waals surface area (Å²) < 4.78 is 1.97. The first-order chi connectivity index (χ1) is 11.5. The molecule has 0 aromatic heterocycles. The van der Waals surface area contributed by atoms with Gasteiger partial charge in [0.05, 0.1) is 18.4 Å². The number of amides is 1. The molecule has 126 valence electrons. The van der Waals surface area contributed by atoms with Crippen LogP contribution in [0.4, 0.5) is 11.4 Å². The van der Waals surface area contributed by atoms with Crippen LogP contribution < -0.4 is 15.6 Å². The van der Waals surface area contributed by atoms with Gasteiger partial charge in [-0.05, 0) is 57.9 Å². The van der Waals surface area contributed by atoms with Crippen molar-refractivity contribution in [1.29, 1.82) is 0 Å². The fraction of sp³-hybridized carbons (Fsp3) is 0.176. The molecule has 0 fully saturated rings. The number of hydrazone groups is 1. The van der Waals surface area contributed by atoms with Gasteiger partial charge in [-0.25, -0.2) is 5.43 Å². The molecule has 0 bridgehead atoms. The van der Waals surface area contributed by atoms with Crippen LogP contribution in [0.15, 0.2) is 56.5 Å². The summed E-state index contributed by atoms with van der Waals surface area (Å²) in [6, 6.07) is 13.5. The van der Waals surface area contributed by atoms with E-state index in [1.165, 1.54) is 0 Å². The van der Waals surface area contributed by atoms with E-state index in [4.69, 9.17) is 0 Å². The summed E-state index contributed by atoms with van der Waals surface area (Å²) in [6.07, 6.45) is 1.61. The van der Waals surface area contributed by atoms with Crippen molar-refractivity contribution in [2.24, 2.45) is 5.10 Å². The van der Waals surface area contributed by atoms with Crippen molar-refractivity contribution in [2.75, 3.05) is 30.9 Å². The van der Waals surface area contributed by atoms with E-state index in [0.29, 0.717) is 0 Å². The summed E-state index contributed by atoms with van der Waals surface area (Å²) in [5, 5.41) is 7.01. The Morgan fingerprint density at radius 1 is 1.17 bits per heavy atom. The summed E-state index contributed by atoms with van der Waals surface area (Å²) in [4.78, 5) is 13.8. The minimum Gasteiger partial charge on any atom is -0.377 e. The van der Waals surface area contributed by atoms with E-state index in [2.05, 4.69) is 47.7 Å². The molecule has 24 heavy (non-hydrogen) atoms. The number of benzene rings is 2. The molecule has 7 heteroatoms. The monoisotopic (exact) mass is 452 g/mol. The first-order valence-corrected chi connectivity index (χ1v) is 8.82. The molecule has 2 aromatic rings. The second-order valence-corrected chi connectivity index (χ2v) is 7.03. The maximum atomic E-state index is 11.8. The highest BCUT2D eigenvalue weighted by atomic mass is 79.9. The number of nitrogens with zero attached hydrogens (tertiary/aromatic N) is 2. The SMILES string of the molecule is CN(C)c1ccc(/C=N\NC(=O)CNc2ccc(Br)cc2)cc1Br. The van der Waals surface area contributed by atoms with Crippen molar-refractivity contribution < 1.29 is 4.79 Å². The number of halogens is 2. The van der Waals surface area contributed by atoms with E-state index in [-0.39, 0.29) is 12.5 Å². The van der Waals surface area contributed by atoms with Gasteiger partial charge in [-0.3, -0.25) is 4.79 Å². The Morgan fingerprint density at radius 2 is 1.88 bits per heavy atom. The quantitative estimate of drug-likeness (QED) is 0.516. The molecule has 0 aliphatic heterocycles. The lowest BCUT2D eigenvalue weighted by molar-refractivity contribution is -0.119. The number of carbonyl (C=O) groups is 1. The van der Waals surface area contributed by atoms with Gasteiger partial charge >= 0.3 is 0 Å². The van der Waals surface area contributed by atoms with Crippen molar-refractivity contribution in [3.8, 4) is 0 Å². The maximum absolute atomic E-state index is 11.8. The number of hydrogen-bond acceptors (Lipinski definition) is 4. The van der Waals surface area contributed by atoms with Crippen LogP contribution in [0, 0.1) is 0 Å². The number of nitrogens with one attached hydrogen (secondary N) is 2. The first-order valence-electron chi connectivity index (χ1n) is 7.24. The van der Waals surface area contributed by atoms with Crippen LogP contribution in [0.25, 0.3) is 0 Å². The van der Waals surface area contributed by atoms with E-state index in [1.807, 2.05) is 61.5 Å². The van der Waals surface area contributed by atoms with Crippen molar-refractivity contribution in [1.82, 2.24) is 5.43 Å². The predicted molar refractivity (Wildman–Crippen MR) is 107 cm³/mol. The molecule has 0 aliphatic carbocycles. The molecular formula is C17H18Br2N4O. The standard InChI is InChI=1S/C17H18Br2N4O/c1-23(2)16-8-3-12(9-15(16)19)10-21-22-17(24)11-20-14-6-4-13(18)5-7-14/h3-10,20H,11H2,1-2H3,(H,22,24)/b21-10-. The Balaban J connectivity index is 1.83. The van der Waals surface area contributed by atoms with E-state index in [0.717, 1.165) is 25.9 Å². The first kappa shape index (κ1) is 18.5. The highest BCUT2D eigenvalue weighted by Crippen LogP contribution is 2.25. The zero-order valence-electron chi connectivity index (χ0n) is 13.4. The van der Waals surface area contributed by atoms with Crippen LogP contribution in [0.5, 0.6) is 0 Å². The molecule has 0 aliphatic rings. The summed E-state index contributed by atoms with van der Waals surface area (Å²) in [6.45, 7) is 0.155. The van der Waals surface area contributed by atoms with E-state index in [9.17, 15) is 4.79 Å². The number of hydrogen-bond donors (Lipinski definition) is 2. The van der Waals surface area contributed by atoms with Crippen molar-refractivity contribution in [3.05, 3.63) is 57.0 Å². The third-order valence-corrected chi connectivity index (χ3v) is 4.32. The molecule has 0 heterocycles. The largest absolute Gasteiger partial charge is 0.377 e. The summed E-state index contributed by atoms with van der Waals surface area (Å²) in [5.41, 5.74) is 5.35. The lowest BCUT2D eigenvalue weighted by Gasteiger charge is -2.14. The third-order valence-electron chi connectivity index (χ3n) is 3.15. The zero-order chi connectivity index (χ0) is 17.5. The van der Waals surface area contributed by atoms with Gasteiger partial charge in [0.25, 0.3) is 5.91 Å². The van der Waals surface area contributed by atoms with Crippen LogP contribution in [0.1, 0.15) is 5.56 Å². The van der Waals surface area contributed by atoms with Crippen molar-refractivity contribution in [2.45, 2.75) is 0 Å². The van der Waals surface area contributed by atoms with Crippen LogP contribution in [0.2, 0.25) is 0 Å². The van der Waals surface area contributed by atoms with Gasteiger partial charge in [0.2, 0.25) is 0 Å². The molecule has 2 N–H and O–H groups in total. The normalized spacial score (nSPS) is 10.7. The van der Waals surface area contributed by atoms with Crippen LogP contribution in [0.3, 0.4) is 0 Å². The fourth-order valence-electron chi connectivity index (χ4n) is 1.93. The molecule has 0 atom stereocenters. The zero-order valence-corrected chi connectivity index (χ0v) is 16.6. The van der Waals surface area contributed by atoms with Crippen LogP contribution in [-0.2, 0) is 4.79 Å². The minimum absolute atomic E-state index is 0.155. The Kier molecular flexibility index (Phi) is 6.81. The molecule has 0 spiro atoms. The number of anilines is 2. The van der Waals surface area contributed by atoms with Crippen LogP contribution in [-0.4, -0.2) is 32.8 Å². The van der Waals surface area contributed by atoms with Gasteiger partial charge in [-0.2, -0.15) is 5.10 Å². The maximum Gasteiger partial charge on any atom is 0.259 e. The lowest BCUT2D eigenvalue weighted by Crippen LogP contribution is -2.25. The Hall–Kier alpha value is -1.86. The molecular weight excluding hydrogens is 436 g/mol. The number of rotatable bonds is 6. The minimum atomic E-state index is -0.210. The van der Waals surface area contributed by atoms with Crippen molar-refractivity contribution in [3.63, 3.8) is 0 Å². The van der Waals surface area contributed by atoms with Crippen LogP contribution >= 0.6 is 31.9 Å². The molecule has 1 amide bonds.